The summed E-state index contributed by atoms with van der Waals surface area (Å²) in [6, 6.07) is 1.84. The molecular formula is C23H39N5O2. The highest BCUT2D eigenvalue weighted by molar-refractivity contribution is 5.92. The van der Waals surface area contributed by atoms with Gasteiger partial charge >= 0.3 is 0 Å². The van der Waals surface area contributed by atoms with Gasteiger partial charge in [0.2, 0.25) is 5.91 Å². The Hall–Kier alpha value is -1.89. The van der Waals surface area contributed by atoms with E-state index in [1.807, 2.05) is 24.9 Å². The first-order valence-corrected chi connectivity index (χ1v) is 11.6. The predicted molar refractivity (Wildman–Crippen MR) is 118 cm³/mol. The van der Waals surface area contributed by atoms with Crippen molar-refractivity contribution in [2.75, 3.05) is 32.7 Å². The molecule has 1 saturated heterocycles. The number of aryl methyl sites for hydroxylation is 2. The molecule has 0 bridgehead atoms. The van der Waals surface area contributed by atoms with Gasteiger partial charge in [-0.3, -0.25) is 19.2 Å². The minimum absolute atomic E-state index is 0.00520. The van der Waals surface area contributed by atoms with Crippen molar-refractivity contribution < 1.29 is 9.59 Å². The average molecular weight is 418 g/mol. The molecule has 3 rings (SSSR count). The summed E-state index contributed by atoms with van der Waals surface area (Å²) in [5.41, 5.74) is 1.43. The maximum atomic E-state index is 13.2. The lowest BCUT2D eigenvalue weighted by Crippen LogP contribution is -2.54. The Bertz CT molecular complexity index is 736. The van der Waals surface area contributed by atoms with Crippen LogP contribution in [0.1, 0.15) is 75.0 Å². The van der Waals surface area contributed by atoms with Gasteiger partial charge in [-0.15, -0.1) is 0 Å². The van der Waals surface area contributed by atoms with Gasteiger partial charge in [0.25, 0.3) is 5.91 Å². The van der Waals surface area contributed by atoms with Crippen LogP contribution in [0.4, 0.5) is 0 Å². The Morgan fingerprint density at radius 1 is 1.17 bits per heavy atom. The molecule has 0 unspecified atom stereocenters. The Balaban J connectivity index is 1.79. The van der Waals surface area contributed by atoms with Crippen LogP contribution in [0.2, 0.25) is 0 Å². The zero-order valence-electron chi connectivity index (χ0n) is 19.2. The molecule has 2 amide bonds. The van der Waals surface area contributed by atoms with Gasteiger partial charge in [-0.1, -0.05) is 33.1 Å². The Morgan fingerprint density at radius 3 is 2.53 bits per heavy atom. The smallest absolute Gasteiger partial charge is 0.272 e. The van der Waals surface area contributed by atoms with E-state index in [1.54, 1.807) is 4.68 Å². The molecule has 2 aliphatic rings. The van der Waals surface area contributed by atoms with E-state index in [0.717, 1.165) is 38.0 Å². The van der Waals surface area contributed by atoms with Crippen LogP contribution < -0.4 is 5.32 Å². The minimum Gasteiger partial charge on any atom is -0.354 e. The highest BCUT2D eigenvalue weighted by Crippen LogP contribution is 2.37. The van der Waals surface area contributed by atoms with Crippen LogP contribution in [0, 0.1) is 12.8 Å². The summed E-state index contributed by atoms with van der Waals surface area (Å²) < 4.78 is 1.66. The summed E-state index contributed by atoms with van der Waals surface area (Å²) in [5, 5.41) is 7.42. The predicted octanol–water partition coefficient (Wildman–Crippen LogP) is 2.74. The molecule has 1 aromatic heterocycles. The van der Waals surface area contributed by atoms with Crippen LogP contribution in [0.25, 0.3) is 0 Å². The van der Waals surface area contributed by atoms with E-state index in [-0.39, 0.29) is 17.4 Å². The van der Waals surface area contributed by atoms with Crippen molar-refractivity contribution in [3.05, 3.63) is 17.5 Å². The number of amides is 2. The van der Waals surface area contributed by atoms with Gasteiger partial charge in [-0.25, -0.2) is 0 Å². The molecule has 1 aromatic rings. The second-order valence-electron chi connectivity index (χ2n) is 9.59. The number of rotatable bonds is 3. The fraction of sp³-hybridized carbons (Fsp3) is 0.783. The van der Waals surface area contributed by atoms with Crippen molar-refractivity contribution in [3.63, 3.8) is 0 Å². The van der Waals surface area contributed by atoms with E-state index in [4.69, 9.17) is 0 Å². The van der Waals surface area contributed by atoms with Crippen molar-refractivity contribution in [2.45, 2.75) is 71.3 Å². The fourth-order valence-corrected chi connectivity index (χ4v) is 5.21. The second kappa shape index (κ2) is 9.94. The zero-order chi connectivity index (χ0) is 21.7. The van der Waals surface area contributed by atoms with Crippen LogP contribution in [0.3, 0.4) is 0 Å². The summed E-state index contributed by atoms with van der Waals surface area (Å²) in [7, 11) is 1.81. The Morgan fingerprint density at radius 2 is 1.90 bits per heavy atom. The first kappa shape index (κ1) is 22.8. The zero-order valence-corrected chi connectivity index (χ0v) is 19.2. The topological polar surface area (TPSA) is 70.5 Å². The molecule has 168 valence electrons. The normalized spacial score (nSPS) is 21.5. The number of aromatic nitrogens is 2. The van der Waals surface area contributed by atoms with Crippen LogP contribution in [0.15, 0.2) is 6.07 Å². The molecule has 1 N–H and O–H groups in total. The summed E-state index contributed by atoms with van der Waals surface area (Å²) >= 11 is 0. The third-order valence-corrected chi connectivity index (χ3v) is 6.60. The molecule has 2 heterocycles. The molecule has 1 spiro atoms. The van der Waals surface area contributed by atoms with Crippen molar-refractivity contribution >= 4 is 11.8 Å². The number of carbonyl (C=O) groups excluding carboxylic acids is 2. The summed E-state index contributed by atoms with van der Waals surface area (Å²) in [5.74, 6) is 0.665. The lowest BCUT2D eigenvalue weighted by Gasteiger charge is -2.47. The van der Waals surface area contributed by atoms with Gasteiger partial charge in [0, 0.05) is 51.7 Å². The van der Waals surface area contributed by atoms with Crippen molar-refractivity contribution in [2.24, 2.45) is 13.0 Å². The molecule has 1 aliphatic heterocycles. The molecule has 2 fully saturated rings. The molecular weight excluding hydrogens is 378 g/mol. The fourth-order valence-electron chi connectivity index (χ4n) is 5.21. The van der Waals surface area contributed by atoms with Gasteiger partial charge in [-0.2, -0.15) is 5.10 Å². The SMILES string of the molecule is Cc1cc(C(=O)N2CCCN(CC(C)C)C3(CCCCC3)CC(=O)NCC2)n(C)n1. The highest BCUT2D eigenvalue weighted by atomic mass is 16.2. The van der Waals surface area contributed by atoms with Crippen molar-refractivity contribution in [3.8, 4) is 0 Å². The molecule has 0 aromatic carbocycles. The minimum atomic E-state index is -0.0229. The largest absolute Gasteiger partial charge is 0.354 e. The summed E-state index contributed by atoms with van der Waals surface area (Å²) in [4.78, 5) is 30.5. The van der Waals surface area contributed by atoms with E-state index in [2.05, 4.69) is 29.2 Å². The van der Waals surface area contributed by atoms with Gasteiger partial charge in [-0.05, 0) is 38.2 Å². The van der Waals surface area contributed by atoms with Gasteiger partial charge in [0.15, 0.2) is 0 Å². The van der Waals surface area contributed by atoms with E-state index < -0.39 is 0 Å². The van der Waals surface area contributed by atoms with Crippen molar-refractivity contribution in [1.29, 1.82) is 0 Å². The van der Waals surface area contributed by atoms with Gasteiger partial charge in [0.1, 0.15) is 5.69 Å². The molecule has 0 radical (unpaired) electrons. The maximum Gasteiger partial charge on any atom is 0.272 e. The van der Waals surface area contributed by atoms with E-state index in [1.165, 1.54) is 19.3 Å². The number of nitrogens with one attached hydrogen (secondary N) is 1. The van der Waals surface area contributed by atoms with Crippen LogP contribution in [-0.2, 0) is 11.8 Å². The molecule has 7 nitrogen and oxygen atoms in total. The highest BCUT2D eigenvalue weighted by Gasteiger charge is 2.40. The molecule has 0 atom stereocenters. The van der Waals surface area contributed by atoms with Crippen LogP contribution in [0.5, 0.6) is 0 Å². The third kappa shape index (κ3) is 5.42. The number of hydrogen-bond acceptors (Lipinski definition) is 4. The van der Waals surface area contributed by atoms with Gasteiger partial charge < -0.3 is 10.2 Å². The number of nitrogens with zero attached hydrogens (tertiary/aromatic N) is 4. The van der Waals surface area contributed by atoms with Crippen LogP contribution in [-0.4, -0.2) is 69.7 Å². The number of carbonyl (C=O) groups is 2. The molecule has 30 heavy (non-hydrogen) atoms. The standard InChI is InChI=1S/C23H39N5O2/c1-18(2)17-28-13-8-12-27(22(30)20-15-19(3)25-26(20)4)14-11-24-21(29)16-23(28)9-6-5-7-10-23/h15,18H,5-14,16-17H2,1-4H3,(H,24,29). The van der Waals surface area contributed by atoms with Crippen molar-refractivity contribution in [1.82, 2.24) is 24.9 Å². The summed E-state index contributed by atoms with van der Waals surface area (Å²) in [6.45, 7) is 10.1. The van der Waals surface area contributed by atoms with E-state index >= 15 is 0 Å². The van der Waals surface area contributed by atoms with Crippen LogP contribution >= 0.6 is 0 Å². The quantitative estimate of drug-likeness (QED) is 0.821. The van der Waals surface area contributed by atoms with E-state index in [0.29, 0.717) is 37.7 Å². The molecule has 7 heteroatoms. The monoisotopic (exact) mass is 417 g/mol. The first-order chi connectivity index (χ1) is 14.3. The first-order valence-electron chi connectivity index (χ1n) is 11.6. The third-order valence-electron chi connectivity index (χ3n) is 6.60. The maximum absolute atomic E-state index is 13.2. The van der Waals surface area contributed by atoms with E-state index in [9.17, 15) is 9.59 Å². The lowest BCUT2D eigenvalue weighted by molar-refractivity contribution is -0.125. The Labute approximate surface area is 181 Å². The number of hydrogen-bond donors (Lipinski definition) is 1. The lowest BCUT2D eigenvalue weighted by atomic mass is 9.77. The Kier molecular flexibility index (Phi) is 7.55. The second-order valence-corrected chi connectivity index (χ2v) is 9.59. The average Bonchev–Trinajstić information content (AvgIpc) is 3.02. The molecule has 1 saturated carbocycles. The van der Waals surface area contributed by atoms with Gasteiger partial charge in [0.05, 0.1) is 5.69 Å². The molecule has 1 aliphatic carbocycles. The summed E-state index contributed by atoms with van der Waals surface area (Å²) in [6.07, 6.45) is 7.37.